The number of aromatic nitrogens is 3. The summed E-state index contributed by atoms with van der Waals surface area (Å²) in [5.74, 6) is 0.867. The molecule has 0 radical (unpaired) electrons. The predicted molar refractivity (Wildman–Crippen MR) is 121 cm³/mol. The lowest BCUT2D eigenvalue weighted by Gasteiger charge is -2.26. The fourth-order valence-corrected chi connectivity index (χ4v) is 4.65. The molecule has 1 fully saturated rings. The molecule has 0 amide bonds. The van der Waals surface area contributed by atoms with E-state index in [9.17, 15) is 0 Å². The van der Waals surface area contributed by atoms with Gasteiger partial charge in [0.25, 0.3) is 0 Å². The van der Waals surface area contributed by atoms with E-state index in [1.54, 1.807) is 6.20 Å². The Morgan fingerprint density at radius 1 is 1.19 bits per heavy atom. The standard InChI is InChI=1S/C25H27N5O/c1-18-12-21-17-28-30(11-5-10-29-8-2-3-9-29)22(21)14-24(18)31-23-7-4-6-20-13-19(15-26)16-27-25(20)23/h5,11-14,16-17,23H,2-4,6-10H2,1H3. The van der Waals surface area contributed by atoms with Crippen molar-refractivity contribution in [2.75, 3.05) is 19.6 Å². The van der Waals surface area contributed by atoms with Gasteiger partial charge in [0.2, 0.25) is 0 Å². The van der Waals surface area contributed by atoms with E-state index in [-0.39, 0.29) is 6.10 Å². The van der Waals surface area contributed by atoms with Crippen LogP contribution in [0.4, 0.5) is 0 Å². The summed E-state index contributed by atoms with van der Waals surface area (Å²) >= 11 is 0. The molecule has 1 aromatic carbocycles. The third kappa shape index (κ3) is 4.06. The summed E-state index contributed by atoms with van der Waals surface area (Å²) in [4.78, 5) is 7.03. The van der Waals surface area contributed by atoms with E-state index in [4.69, 9.17) is 10.00 Å². The smallest absolute Gasteiger partial charge is 0.141 e. The SMILES string of the molecule is Cc1cc2cnn(C=CCN3CCCC3)c2cc1OC1CCCc2cc(C#N)cnc21. The molecule has 5 rings (SSSR count). The van der Waals surface area contributed by atoms with Gasteiger partial charge < -0.3 is 4.74 Å². The second-order valence-corrected chi connectivity index (χ2v) is 8.54. The van der Waals surface area contributed by atoms with Gasteiger partial charge in [-0.3, -0.25) is 9.88 Å². The van der Waals surface area contributed by atoms with Crippen molar-refractivity contribution in [3.05, 3.63) is 59.1 Å². The van der Waals surface area contributed by atoms with Crippen molar-refractivity contribution < 1.29 is 4.74 Å². The molecule has 0 N–H and O–H groups in total. The Hall–Kier alpha value is -3.17. The van der Waals surface area contributed by atoms with Gasteiger partial charge in [-0.2, -0.15) is 10.4 Å². The van der Waals surface area contributed by atoms with Crippen LogP contribution in [-0.4, -0.2) is 39.3 Å². The molecular weight excluding hydrogens is 386 g/mol. The summed E-state index contributed by atoms with van der Waals surface area (Å²) < 4.78 is 8.42. The Balaban J connectivity index is 1.40. The summed E-state index contributed by atoms with van der Waals surface area (Å²) in [7, 11) is 0. The Bertz CT molecular complexity index is 1170. The number of hydrogen-bond donors (Lipinski definition) is 0. The van der Waals surface area contributed by atoms with Crippen molar-refractivity contribution in [2.24, 2.45) is 0 Å². The van der Waals surface area contributed by atoms with Crippen molar-refractivity contribution in [2.45, 2.75) is 45.1 Å². The maximum Gasteiger partial charge on any atom is 0.141 e. The van der Waals surface area contributed by atoms with Gasteiger partial charge in [0.15, 0.2) is 0 Å². The van der Waals surface area contributed by atoms with Crippen LogP contribution in [0, 0.1) is 18.3 Å². The molecule has 1 unspecified atom stereocenters. The quantitative estimate of drug-likeness (QED) is 0.610. The largest absolute Gasteiger partial charge is 0.484 e. The summed E-state index contributed by atoms with van der Waals surface area (Å²) in [6.45, 7) is 5.42. The number of pyridine rings is 1. The average Bonchev–Trinajstić information content (AvgIpc) is 3.44. The van der Waals surface area contributed by atoms with Crippen LogP contribution in [0.15, 0.2) is 36.7 Å². The van der Waals surface area contributed by atoms with Crippen LogP contribution in [0.2, 0.25) is 0 Å². The van der Waals surface area contributed by atoms with Crippen LogP contribution in [0.1, 0.15) is 54.2 Å². The number of rotatable bonds is 5. The molecule has 31 heavy (non-hydrogen) atoms. The fraction of sp³-hybridized carbons (Fsp3) is 0.400. The number of benzene rings is 1. The number of likely N-dealkylation sites (tertiary alicyclic amines) is 1. The van der Waals surface area contributed by atoms with Gasteiger partial charge in [0, 0.05) is 30.4 Å². The lowest BCUT2D eigenvalue weighted by molar-refractivity contribution is 0.177. The number of nitrogens with zero attached hydrogens (tertiary/aromatic N) is 5. The number of nitriles is 1. The molecule has 158 valence electrons. The highest BCUT2D eigenvalue weighted by atomic mass is 16.5. The Kier molecular flexibility index (Phi) is 5.44. The van der Waals surface area contributed by atoms with Gasteiger partial charge in [0.05, 0.1) is 23.0 Å². The van der Waals surface area contributed by atoms with Crippen LogP contribution < -0.4 is 4.74 Å². The molecule has 0 bridgehead atoms. The van der Waals surface area contributed by atoms with Crippen LogP contribution in [0.5, 0.6) is 5.75 Å². The summed E-state index contributed by atoms with van der Waals surface area (Å²) in [5, 5.41) is 14.8. The van der Waals surface area contributed by atoms with Crippen molar-refractivity contribution >= 4 is 17.1 Å². The fourth-order valence-electron chi connectivity index (χ4n) is 4.65. The Morgan fingerprint density at radius 3 is 2.90 bits per heavy atom. The van der Waals surface area contributed by atoms with Crippen molar-refractivity contribution in [3.63, 3.8) is 0 Å². The lowest BCUT2D eigenvalue weighted by Crippen LogP contribution is -2.18. The number of aryl methyl sites for hydroxylation is 2. The molecule has 3 aromatic rings. The minimum absolute atomic E-state index is 0.0882. The molecule has 6 nitrogen and oxygen atoms in total. The van der Waals surface area contributed by atoms with Gasteiger partial charge in [-0.25, -0.2) is 4.68 Å². The van der Waals surface area contributed by atoms with E-state index in [1.807, 2.05) is 16.9 Å². The number of ether oxygens (including phenoxy) is 1. The first-order valence-electron chi connectivity index (χ1n) is 11.1. The average molecular weight is 414 g/mol. The molecule has 2 aliphatic rings. The zero-order valence-electron chi connectivity index (χ0n) is 17.9. The minimum atomic E-state index is -0.0882. The Morgan fingerprint density at radius 2 is 2.06 bits per heavy atom. The summed E-state index contributed by atoms with van der Waals surface area (Å²) in [6.07, 6.45) is 13.2. The molecule has 0 spiro atoms. The second kappa shape index (κ2) is 8.52. The van der Waals surface area contributed by atoms with Gasteiger partial charge in [-0.15, -0.1) is 0 Å². The molecule has 2 aromatic heterocycles. The van der Waals surface area contributed by atoms with Crippen molar-refractivity contribution in [1.82, 2.24) is 19.7 Å². The van der Waals surface area contributed by atoms with Crippen LogP contribution >= 0.6 is 0 Å². The first-order valence-corrected chi connectivity index (χ1v) is 11.1. The maximum absolute atomic E-state index is 9.17. The summed E-state index contributed by atoms with van der Waals surface area (Å²) in [6, 6.07) is 8.37. The first kappa shape index (κ1) is 19.8. The molecule has 0 saturated carbocycles. The van der Waals surface area contributed by atoms with E-state index in [2.05, 4.69) is 52.4 Å². The van der Waals surface area contributed by atoms with Gasteiger partial charge >= 0.3 is 0 Å². The molecule has 1 aliphatic carbocycles. The highest BCUT2D eigenvalue weighted by Gasteiger charge is 2.24. The lowest BCUT2D eigenvalue weighted by atomic mass is 9.92. The predicted octanol–water partition coefficient (Wildman–Crippen LogP) is 4.63. The van der Waals surface area contributed by atoms with E-state index in [1.165, 1.54) is 25.9 Å². The van der Waals surface area contributed by atoms with Gasteiger partial charge in [0.1, 0.15) is 17.9 Å². The van der Waals surface area contributed by atoms with Crippen LogP contribution in [0.25, 0.3) is 17.1 Å². The third-order valence-corrected chi connectivity index (χ3v) is 6.32. The molecule has 3 heterocycles. The third-order valence-electron chi connectivity index (χ3n) is 6.32. The first-order chi connectivity index (χ1) is 15.2. The molecular formula is C25H27N5O. The monoisotopic (exact) mass is 413 g/mol. The second-order valence-electron chi connectivity index (χ2n) is 8.54. The highest BCUT2D eigenvalue weighted by molar-refractivity contribution is 5.83. The van der Waals surface area contributed by atoms with E-state index in [0.717, 1.165) is 59.3 Å². The molecule has 6 heteroatoms. The van der Waals surface area contributed by atoms with Crippen molar-refractivity contribution in [1.29, 1.82) is 5.26 Å². The molecule has 1 saturated heterocycles. The van der Waals surface area contributed by atoms with E-state index >= 15 is 0 Å². The zero-order chi connectivity index (χ0) is 21.2. The van der Waals surface area contributed by atoms with Crippen LogP contribution in [-0.2, 0) is 6.42 Å². The number of hydrogen-bond acceptors (Lipinski definition) is 5. The van der Waals surface area contributed by atoms with E-state index in [0.29, 0.717) is 5.56 Å². The topological polar surface area (TPSA) is 67.0 Å². The van der Waals surface area contributed by atoms with Crippen molar-refractivity contribution in [3.8, 4) is 11.8 Å². The Labute approximate surface area is 182 Å². The normalized spacial score (nSPS) is 19.0. The molecule has 1 aliphatic heterocycles. The maximum atomic E-state index is 9.17. The number of fused-ring (bicyclic) bond motifs is 2. The minimum Gasteiger partial charge on any atom is -0.484 e. The zero-order valence-corrected chi connectivity index (χ0v) is 17.9. The van der Waals surface area contributed by atoms with Gasteiger partial charge in [-0.1, -0.05) is 6.08 Å². The van der Waals surface area contributed by atoms with E-state index < -0.39 is 0 Å². The molecule has 1 atom stereocenters. The van der Waals surface area contributed by atoms with Gasteiger partial charge in [-0.05, 0) is 75.4 Å². The van der Waals surface area contributed by atoms with Crippen LogP contribution in [0.3, 0.4) is 0 Å². The highest BCUT2D eigenvalue weighted by Crippen LogP contribution is 2.35. The summed E-state index contributed by atoms with van der Waals surface area (Å²) in [5.41, 5.74) is 4.84.